The number of thioether (sulfide) groups is 1. The summed E-state index contributed by atoms with van der Waals surface area (Å²) in [6, 6.07) is 16.2. The van der Waals surface area contributed by atoms with E-state index in [1.807, 2.05) is 51.1 Å². The lowest BCUT2D eigenvalue weighted by atomic mass is 10.1. The SMILES string of the molecule is Cc1cccc(OCC2=NN3C(=N)/C(=C\c4cc(C)n(-c5ccc(C)c(C)c5)c4C)C(=O)N=C3S2)c1. The van der Waals surface area contributed by atoms with E-state index in [0.29, 0.717) is 10.2 Å². The monoisotopic (exact) mass is 497 g/mol. The fourth-order valence-corrected chi connectivity index (χ4v) is 5.09. The zero-order valence-corrected chi connectivity index (χ0v) is 21.7. The van der Waals surface area contributed by atoms with E-state index in [1.165, 1.54) is 27.9 Å². The highest BCUT2D eigenvalue weighted by molar-refractivity contribution is 8.27. The van der Waals surface area contributed by atoms with Crippen molar-refractivity contribution in [1.82, 2.24) is 9.58 Å². The molecule has 1 aromatic heterocycles. The molecule has 3 heterocycles. The fraction of sp³-hybridized carbons (Fsp3) is 0.214. The Balaban J connectivity index is 1.40. The Labute approximate surface area is 214 Å². The van der Waals surface area contributed by atoms with Crippen LogP contribution in [0, 0.1) is 40.0 Å². The number of carbonyl (C=O) groups excluding carboxylic acids is 1. The van der Waals surface area contributed by atoms with E-state index in [1.54, 1.807) is 6.08 Å². The van der Waals surface area contributed by atoms with Crippen LogP contribution in [0.1, 0.15) is 33.6 Å². The van der Waals surface area contributed by atoms with Gasteiger partial charge in [-0.25, -0.2) is 0 Å². The molecule has 0 fully saturated rings. The van der Waals surface area contributed by atoms with E-state index in [9.17, 15) is 4.79 Å². The summed E-state index contributed by atoms with van der Waals surface area (Å²) in [7, 11) is 0. The number of carbonyl (C=O) groups is 1. The molecule has 0 aliphatic carbocycles. The number of nitrogens with one attached hydrogen (secondary N) is 1. The molecule has 0 spiro atoms. The van der Waals surface area contributed by atoms with E-state index in [0.717, 1.165) is 34.0 Å². The first-order valence-corrected chi connectivity index (χ1v) is 12.5. The second-order valence-electron chi connectivity index (χ2n) is 9.05. The largest absolute Gasteiger partial charge is 0.487 e. The van der Waals surface area contributed by atoms with E-state index in [-0.39, 0.29) is 18.0 Å². The molecule has 8 heteroatoms. The molecule has 36 heavy (non-hydrogen) atoms. The van der Waals surface area contributed by atoms with E-state index >= 15 is 0 Å². The molecule has 2 aliphatic rings. The van der Waals surface area contributed by atoms with Crippen LogP contribution < -0.4 is 4.74 Å². The lowest BCUT2D eigenvalue weighted by molar-refractivity contribution is -0.114. The third-order valence-electron chi connectivity index (χ3n) is 6.37. The van der Waals surface area contributed by atoms with Gasteiger partial charge in [-0.15, -0.1) is 0 Å². The quantitative estimate of drug-likeness (QED) is 0.457. The zero-order valence-electron chi connectivity index (χ0n) is 20.9. The minimum Gasteiger partial charge on any atom is -0.487 e. The Morgan fingerprint density at radius 1 is 1.03 bits per heavy atom. The van der Waals surface area contributed by atoms with Crippen molar-refractivity contribution in [3.8, 4) is 11.4 Å². The number of fused-ring (bicyclic) bond motifs is 1. The molecule has 2 aromatic carbocycles. The van der Waals surface area contributed by atoms with Crippen LogP contribution in [0.2, 0.25) is 0 Å². The number of hydrogen-bond acceptors (Lipinski definition) is 5. The van der Waals surface area contributed by atoms with Crippen LogP contribution >= 0.6 is 11.8 Å². The molecule has 182 valence electrons. The Morgan fingerprint density at radius 3 is 2.58 bits per heavy atom. The van der Waals surface area contributed by atoms with Crippen LogP contribution in [-0.2, 0) is 4.79 Å². The van der Waals surface area contributed by atoms with Gasteiger partial charge in [0.05, 0.1) is 5.57 Å². The number of hydrogen-bond donors (Lipinski definition) is 1. The number of ether oxygens (including phenoxy) is 1. The maximum absolute atomic E-state index is 12.9. The highest BCUT2D eigenvalue weighted by Crippen LogP contribution is 2.30. The minimum absolute atomic E-state index is 0.0130. The Hall–Kier alpha value is -3.91. The van der Waals surface area contributed by atoms with Crippen molar-refractivity contribution in [2.75, 3.05) is 6.61 Å². The number of benzene rings is 2. The van der Waals surface area contributed by atoms with Gasteiger partial charge >= 0.3 is 0 Å². The second kappa shape index (κ2) is 9.28. The molecule has 0 saturated carbocycles. The average molecular weight is 498 g/mol. The number of amides is 1. The summed E-state index contributed by atoms with van der Waals surface area (Å²) in [4.78, 5) is 17.1. The van der Waals surface area contributed by atoms with E-state index < -0.39 is 5.91 Å². The standard InChI is InChI=1S/C28H27N5O2S/c1-16-7-6-8-23(11-16)35-15-25-31-33-26(29)24(27(34)30-28(33)36-25)14-21-13-19(4)32(20(21)5)22-10-9-17(2)18(3)12-22/h6-14,29H,15H2,1-5H3/b24-14+,29-26?. The van der Waals surface area contributed by atoms with Gasteiger partial charge in [-0.3, -0.25) is 10.2 Å². The third-order valence-corrected chi connectivity index (χ3v) is 7.25. The topological polar surface area (TPSA) is 83.0 Å². The maximum Gasteiger partial charge on any atom is 0.283 e. The Morgan fingerprint density at radius 2 is 1.83 bits per heavy atom. The molecule has 2 aliphatic heterocycles. The molecule has 0 saturated heterocycles. The average Bonchev–Trinajstić information content (AvgIpc) is 3.37. The predicted molar refractivity (Wildman–Crippen MR) is 146 cm³/mol. The smallest absolute Gasteiger partial charge is 0.283 e. The number of aromatic nitrogens is 1. The molecule has 3 aromatic rings. The van der Waals surface area contributed by atoms with Gasteiger partial charge < -0.3 is 9.30 Å². The first kappa shape index (κ1) is 23.8. The van der Waals surface area contributed by atoms with Crippen molar-refractivity contribution >= 4 is 39.8 Å². The maximum atomic E-state index is 12.9. The predicted octanol–water partition coefficient (Wildman–Crippen LogP) is 5.72. The Kier molecular flexibility index (Phi) is 6.14. The molecule has 0 unspecified atom stereocenters. The van der Waals surface area contributed by atoms with Gasteiger partial charge in [0, 0.05) is 17.1 Å². The van der Waals surface area contributed by atoms with Crippen molar-refractivity contribution in [3.63, 3.8) is 0 Å². The molecule has 0 atom stereocenters. The normalized spacial score (nSPS) is 16.4. The number of nitrogens with zero attached hydrogens (tertiary/aromatic N) is 4. The van der Waals surface area contributed by atoms with Crippen LogP contribution in [0.3, 0.4) is 0 Å². The number of amidine groups is 2. The molecular weight excluding hydrogens is 470 g/mol. The third kappa shape index (κ3) is 4.40. The molecule has 1 N–H and O–H groups in total. The van der Waals surface area contributed by atoms with Crippen molar-refractivity contribution in [3.05, 3.63) is 87.7 Å². The summed E-state index contributed by atoms with van der Waals surface area (Å²) in [5.41, 5.74) is 7.76. The number of aliphatic imine (C=N–C) groups is 1. The summed E-state index contributed by atoms with van der Waals surface area (Å²) in [5, 5.41) is 15.6. The molecule has 1 amide bonds. The number of rotatable bonds is 5. The van der Waals surface area contributed by atoms with Crippen molar-refractivity contribution in [2.45, 2.75) is 34.6 Å². The summed E-state index contributed by atoms with van der Waals surface area (Å²) in [6.45, 7) is 10.5. The van der Waals surface area contributed by atoms with E-state index in [4.69, 9.17) is 10.1 Å². The summed E-state index contributed by atoms with van der Waals surface area (Å²) in [5.74, 6) is 0.320. The molecular formula is C28H27N5O2S. The number of hydrazone groups is 1. The molecule has 0 bridgehead atoms. The summed E-state index contributed by atoms with van der Waals surface area (Å²) >= 11 is 1.25. The minimum atomic E-state index is -0.439. The highest BCUT2D eigenvalue weighted by Gasteiger charge is 2.36. The van der Waals surface area contributed by atoms with Gasteiger partial charge in [0.25, 0.3) is 5.91 Å². The van der Waals surface area contributed by atoms with Crippen LogP contribution in [0.5, 0.6) is 5.75 Å². The van der Waals surface area contributed by atoms with Gasteiger partial charge in [0.15, 0.2) is 5.84 Å². The van der Waals surface area contributed by atoms with Gasteiger partial charge in [-0.1, -0.05) is 18.2 Å². The van der Waals surface area contributed by atoms with Crippen molar-refractivity contribution < 1.29 is 9.53 Å². The zero-order chi connectivity index (χ0) is 25.6. The van der Waals surface area contributed by atoms with Gasteiger partial charge in [-0.2, -0.15) is 15.1 Å². The molecule has 5 rings (SSSR count). The second-order valence-corrected chi connectivity index (χ2v) is 10.1. The first-order chi connectivity index (χ1) is 17.2. The first-order valence-electron chi connectivity index (χ1n) is 11.7. The van der Waals surface area contributed by atoms with Gasteiger partial charge in [0.1, 0.15) is 17.4 Å². The van der Waals surface area contributed by atoms with E-state index in [2.05, 4.69) is 46.7 Å². The fourth-order valence-electron chi connectivity index (χ4n) is 4.29. The van der Waals surface area contributed by atoms with Crippen molar-refractivity contribution in [1.29, 1.82) is 5.41 Å². The summed E-state index contributed by atoms with van der Waals surface area (Å²) in [6.07, 6.45) is 1.74. The van der Waals surface area contributed by atoms with Gasteiger partial charge in [0.2, 0.25) is 5.17 Å². The highest BCUT2D eigenvalue weighted by atomic mass is 32.2. The van der Waals surface area contributed by atoms with Gasteiger partial charge in [-0.05, 0) is 105 Å². The molecule has 0 radical (unpaired) electrons. The molecule has 7 nitrogen and oxygen atoms in total. The lowest BCUT2D eigenvalue weighted by Crippen LogP contribution is -2.35. The van der Waals surface area contributed by atoms with Crippen LogP contribution in [0.25, 0.3) is 11.8 Å². The lowest BCUT2D eigenvalue weighted by Gasteiger charge is -2.20. The van der Waals surface area contributed by atoms with Crippen LogP contribution in [-0.4, -0.2) is 38.1 Å². The number of aryl methyl sites for hydroxylation is 4. The van der Waals surface area contributed by atoms with Crippen molar-refractivity contribution in [2.24, 2.45) is 10.1 Å². The van der Waals surface area contributed by atoms with Crippen LogP contribution in [0.4, 0.5) is 0 Å². The Bertz CT molecular complexity index is 1510. The summed E-state index contributed by atoms with van der Waals surface area (Å²) < 4.78 is 8.01. The van der Waals surface area contributed by atoms with Crippen LogP contribution in [0.15, 0.2) is 64.2 Å².